The van der Waals surface area contributed by atoms with E-state index in [2.05, 4.69) is 0 Å². The minimum Gasteiger partial charge on any atom is -0.394 e. The Balaban J connectivity index is 4.09. The van der Waals surface area contributed by atoms with Gasteiger partial charge in [0, 0.05) is 14.2 Å². The largest absolute Gasteiger partial charge is 0.394 e. The van der Waals surface area contributed by atoms with Gasteiger partial charge in [0.2, 0.25) is 5.91 Å². The molecule has 4 nitrogen and oxygen atoms in total. The first-order valence-electron chi connectivity index (χ1n) is 4.32. The van der Waals surface area contributed by atoms with E-state index in [1.807, 2.05) is 13.8 Å². The average Bonchev–Trinajstić information content (AvgIpc) is 2.12. The molecule has 0 bridgehead atoms. The van der Waals surface area contributed by atoms with Crippen LogP contribution in [0, 0.1) is 0 Å². The minimum absolute atomic E-state index is 0.0131. The number of amides is 1. The van der Waals surface area contributed by atoms with Crippen LogP contribution in [0.4, 0.5) is 0 Å². The van der Waals surface area contributed by atoms with Crippen molar-refractivity contribution < 1.29 is 14.6 Å². The summed E-state index contributed by atoms with van der Waals surface area (Å²) in [5.41, 5.74) is -0.495. The first-order valence-corrected chi connectivity index (χ1v) is 4.32. The van der Waals surface area contributed by atoms with Gasteiger partial charge in [0.1, 0.15) is 0 Å². The lowest BCUT2D eigenvalue weighted by Gasteiger charge is -2.33. The zero-order valence-corrected chi connectivity index (χ0v) is 8.83. The minimum atomic E-state index is -0.495. The molecule has 0 rings (SSSR count). The normalized spacial score (nSPS) is 11.5. The molecule has 0 aromatic rings. The van der Waals surface area contributed by atoms with Crippen LogP contribution in [0.15, 0.2) is 0 Å². The van der Waals surface area contributed by atoms with Gasteiger partial charge < -0.3 is 14.7 Å². The second-order valence-electron chi connectivity index (χ2n) is 3.67. The fourth-order valence-corrected chi connectivity index (χ4v) is 0.801. The highest BCUT2D eigenvalue weighted by molar-refractivity contribution is 5.76. The summed E-state index contributed by atoms with van der Waals surface area (Å²) >= 11 is 0. The SMILES string of the molecule is COCCC(=O)N(C)C(C)(C)CO. The van der Waals surface area contributed by atoms with Gasteiger partial charge in [0.25, 0.3) is 0 Å². The molecule has 0 aromatic carbocycles. The van der Waals surface area contributed by atoms with E-state index in [0.717, 1.165) is 0 Å². The number of methoxy groups -OCH3 is 1. The van der Waals surface area contributed by atoms with Gasteiger partial charge in [-0.2, -0.15) is 0 Å². The van der Waals surface area contributed by atoms with Gasteiger partial charge >= 0.3 is 0 Å². The molecule has 0 aromatic heterocycles. The predicted molar refractivity (Wildman–Crippen MR) is 50.4 cm³/mol. The highest BCUT2D eigenvalue weighted by atomic mass is 16.5. The molecule has 0 aliphatic carbocycles. The predicted octanol–water partition coefficient (Wildman–Crippen LogP) is 0.252. The quantitative estimate of drug-likeness (QED) is 0.674. The van der Waals surface area contributed by atoms with Crippen LogP contribution >= 0.6 is 0 Å². The van der Waals surface area contributed by atoms with Crippen LogP contribution in [0.1, 0.15) is 20.3 Å². The van der Waals surface area contributed by atoms with Gasteiger partial charge in [-0.15, -0.1) is 0 Å². The summed E-state index contributed by atoms with van der Waals surface area (Å²) in [4.78, 5) is 13.0. The summed E-state index contributed by atoms with van der Waals surface area (Å²) in [5, 5.41) is 9.01. The lowest BCUT2D eigenvalue weighted by Crippen LogP contribution is -2.47. The number of carbonyl (C=O) groups excluding carboxylic acids is 1. The zero-order chi connectivity index (χ0) is 10.5. The van der Waals surface area contributed by atoms with Crippen LogP contribution in [0.25, 0.3) is 0 Å². The third-order valence-corrected chi connectivity index (χ3v) is 2.19. The van der Waals surface area contributed by atoms with Crippen molar-refractivity contribution in [1.82, 2.24) is 4.90 Å². The van der Waals surface area contributed by atoms with Crippen LogP contribution in [-0.4, -0.2) is 48.8 Å². The Morgan fingerprint density at radius 3 is 2.46 bits per heavy atom. The van der Waals surface area contributed by atoms with Gasteiger partial charge in [-0.25, -0.2) is 0 Å². The van der Waals surface area contributed by atoms with Crippen molar-refractivity contribution in [3.63, 3.8) is 0 Å². The fraction of sp³-hybridized carbons (Fsp3) is 0.889. The number of rotatable bonds is 5. The Labute approximate surface area is 79.5 Å². The van der Waals surface area contributed by atoms with E-state index in [1.165, 1.54) is 0 Å². The van der Waals surface area contributed by atoms with Crippen LogP contribution in [0.2, 0.25) is 0 Å². The molecular formula is C9H19NO3. The van der Waals surface area contributed by atoms with E-state index < -0.39 is 5.54 Å². The number of hydrogen-bond donors (Lipinski definition) is 1. The monoisotopic (exact) mass is 189 g/mol. The molecule has 1 amide bonds. The van der Waals surface area contributed by atoms with E-state index in [9.17, 15) is 4.79 Å². The Bertz CT molecular complexity index is 168. The van der Waals surface area contributed by atoms with Crippen molar-refractivity contribution >= 4 is 5.91 Å². The molecule has 0 spiro atoms. The standard InChI is InChI=1S/C9H19NO3/c1-9(2,7-11)10(3)8(12)5-6-13-4/h11H,5-7H2,1-4H3. The van der Waals surface area contributed by atoms with E-state index in [0.29, 0.717) is 13.0 Å². The maximum absolute atomic E-state index is 11.4. The third-order valence-electron chi connectivity index (χ3n) is 2.19. The lowest BCUT2D eigenvalue weighted by atomic mass is 10.0. The number of aliphatic hydroxyl groups excluding tert-OH is 1. The molecule has 0 fully saturated rings. The first-order chi connectivity index (χ1) is 5.95. The molecular weight excluding hydrogens is 170 g/mol. The average molecular weight is 189 g/mol. The lowest BCUT2D eigenvalue weighted by molar-refractivity contribution is -0.136. The number of carbonyl (C=O) groups is 1. The summed E-state index contributed by atoms with van der Waals surface area (Å²) in [5.74, 6) is -0.0131. The smallest absolute Gasteiger partial charge is 0.225 e. The molecule has 13 heavy (non-hydrogen) atoms. The zero-order valence-electron chi connectivity index (χ0n) is 8.83. The molecule has 0 unspecified atom stereocenters. The second-order valence-corrected chi connectivity index (χ2v) is 3.67. The molecule has 0 radical (unpaired) electrons. The highest BCUT2D eigenvalue weighted by Crippen LogP contribution is 2.11. The molecule has 0 saturated carbocycles. The van der Waals surface area contributed by atoms with E-state index >= 15 is 0 Å². The van der Waals surface area contributed by atoms with Gasteiger partial charge in [-0.05, 0) is 13.8 Å². The second kappa shape index (κ2) is 5.19. The highest BCUT2D eigenvalue weighted by Gasteiger charge is 2.25. The van der Waals surface area contributed by atoms with Gasteiger partial charge in [-0.1, -0.05) is 0 Å². The third kappa shape index (κ3) is 3.74. The summed E-state index contributed by atoms with van der Waals surface area (Å²) in [7, 11) is 3.25. The van der Waals surface area contributed by atoms with Crippen molar-refractivity contribution in [3.8, 4) is 0 Å². The number of hydrogen-bond acceptors (Lipinski definition) is 3. The van der Waals surface area contributed by atoms with Crippen LogP contribution < -0.4 is 0 Å². The fourth-order valence-electron chi connectivity index (χ4n) is 0.801. The number of ether oxygens (including phenoxy) is 1. The van der Waals surface area contributed by atoms with Gasteiger partial charge in [0.05, 0.1) is 25.2 Å². The topological polar surface area (TPSA) is 49.8 Å². The van der Waals surface area contributed by atoms with Gasteiger partial charge in [0.15, 0.2) is 0 Å². The summed E-state index contributed by atoms with van der Waals surface area (Å²) in [6.07, 6.45) is 0.358. The molecule has 0 aliphatic heterocycles. The van der Waals surface area contributed by atoms with Crippen LogP contribution in [0.3, 0.4) is 0 Å². The molecule has 0 aliphatic rings. The maximum atomic E-state index is 11.4. The molecule has 0 atom stereocenters. The van der Waals surface area contributed by atoms with E-state index in [-0.39, 0.29) is 12.5 Å². The Kier molecular flexibility index (Phi) is 4.95. The van der Waals surface area contributed by atoms with Crippen molar-refractivity contribution in [2.24, 2.45) is 0 Å². The molecule has 78 valence electrons. The van der Waals surface area contributed by atoms with Crippen molar-refractivity contribution in [1.29, 1.82) is 0 Å². The van der Waals surface area contributed by atoms with E-state index in [4.69, 9.17) is 9.84 Å². The van der Waals surface area contributed by atoms with Crippen LogP contribution in [-0.2, 0) is 9.53 Å². The molecule has 0 saturated heterocycles. The van der Waals surface area contributed by atoms with Crippen molar-refractivity contribution in [3.05, 3.63) is 0 Å². The Morgan fingerprint density at radius 1 is 1.54 bits per heavy atom. The Morgan fingerprint density at radius 2 is 2.08 bits per heavy atom. The summed E-state index contributed by atoms with van der Waals surface area (Å²) in [6, 6.07) is 0. The van der Waals surface area contributed by atoms with Crippen molar-refractivity contribution in [2.75, 3.05) is 27.4 Å². The van der Waals surface area contributed by atoms with Crippen molar-refractivity contribution in [2.45, 2.75) is 25.8 Å². The maximum Gasteiger partial charge on any atom is 0.225 e. The summed E-state index contributed by atoms with van der Waals surface area (Å²) < 4.78 is 4.80. The van der Waals surface area contributed by atoms with Crippen LogP contribution in [0.5, 0.6) is 0 Å². The van der Waals surface area contributed by atoms with Gasteiger partial charge in [-0.3, -0.25) is 4.79 Å². The first kappa shape index (κ1) is 12.4. The number of aliphatic hydroxyl groups is 1. The number of likely N-dealkylation sites (N-methyl/N-ethyl adjacent to an activating group) is 1. The molecule has 0 heterocycles. The summed E-state index contributed by atoms with van der Waals surface area (Å²) in [6.45, 7) is 4.02. The molecule has 4 heteroatoms. The Hall–Kier alpha value is -0.610. The number of nitrogens with zero attached hydrogens (tertiary/aromatic N) is 1. The molecule has 1 N–H and O–H groups in total. The van der Waals surface area contributed by atoms with E-state index in [1.54, 1.807) is 19.1 Å².